The molecular formula is C12H19ClN2OS. The summed E-state index contributed by atoms with van der Waals surface area (Å²) in [5.41, 5.74) is 0. The topological polar surface area (TPSA) is 41.1 Å². The van der Waals surface area contributed by atoms with Crippen molar-refractivity contribution in [3.05, 3.63) is 21.3 Å². The lowest BCUT2D eigenvalue weighted by Crippen LogP contribution is -2.38. The maximum Gasteiger partial charge on any atom is 0.234 e. The molecule has 3 nitrogen and oxygen atoms in total. The zero-order valence-electron chi connectivity index (χ0n) is 10.4. The summed E-state index contributed by atoms with van der Waals surface area (Å²) in [4.78, 5) is 12.7. The van der Waals surface area contributed by atoms with Crippen molar-refractivity contribution in [1.29, 1.82) is 0 Å². The SMILES string of the molecule is CCC(C)NCC(=O)NC(C)c1ccc(Cl)s1. The van der Waals surface area contributed by atoms with Crippen molar-refractivity contribution in [3.63, 3.8) is 0 Å². The van der Waals surface area contributed by atoms with E-state index in [0.29, 0.717) is 12.6 Å². The van der Waals surface area contributed by atoms with Crippen molar-refractivity contribution in [2.45, 2.75) is 39.3 Å². The van der Waals surface area contributed by atoms with Crippen LogP contribution < -0.4 is 10.6 Å². The smallest absolute Gasteiger partial charge is 0.234 e. The van der Waals surface area contributed by atoms with Gasteiger partial charge in [0.1, 0.15) is 0 Å². The van der Waals surface area contributed by atoms with Crippen LogP contribution in [0.5, 0.6) is 0 Å². The summed E-state index contributed by atoms with van der Waals surface area (Å²) in [6.07, 6.45) is 1.02. The van der Waals surface area contributed by atoms with E-state index in [4.69, 9.17) is 11.6 Å². The number of hydrogen-bond donors (Lipinski definition) is 2. The molecule has 96 valence electrons. The van der Waals surface area contributed by atoms with E-state index in [1.165, 1.54) is 11.3 Å². The normalized spacial score (nSPS) is 14.4. The number of nitrogens with one attached hydrogen (secondary N) is 2. The largest absolute Gasteiger partial charge is 0.348 e. The fourth-order valence-corrected chi connectivity index (χ4v) is 2.40. The summed E-state index contributed by atoms with van der Waals surface area (Å²) in [6.45, 7) is 6.48. The molecule has 0 saturated carbocycles. The van der Waals surface area contributed by atoms with Crippen molar-refractivity contribution in [1.82, 2.24) is 10.6 Å². The van der Waals surface area contributed by atoms with Crippen molar-refractivity contribution in [2.24, 2.45) is 0 Å². The maximum absolute atomic E-state index is 11.7. The molecule has 17 heavy (non-hydrogen) atoms. The Balaban J connectivity index is 2.36. The van der Waals surface area contributed by atoms with Crippen molar-refractivity contribution in [2.75, 3.05) is 6.54 Å². The Morgan fingerprint density at radius 3 is 2.71 bits per heavy atom. The third-order valence-corrected chi connectivity index (χ3v) is 4.04. The quantitative estimate of drug-likeness (QED) is 0.837. The number of thiophene rings is 1. The Morgan fingerprint density at radius 2 is 2.18 bits per heavy atom. The second-order valence-corrected chi connectivity index (χ2v) is 5.87. The number of halogens is 1. The monoisotopic (exact) mass is 274 g/mol. The summed E-state index contributed by atoms with van der Waals surface area (Å²) in [5.74, 6) is 0.0160. The lowest BCUT2D eigenvalue weighted by atomic mass is 10.2. The minimum Gasteiger partial charge on any atom is -0.348 e. The highest BCUT2D eigenvalue weighted by molar-refractivity contribution is 7.16. The van der Waals surface area contributed by atoms with Crippen LogP contribution in [0.25, 0.3) is 0 Å². The number of carbonyl (C=O) groups is 1. The molecule has 1 amide bonds. The Labute approximate surface area is 112 Å². The summed E-state index contributed by atoms with van der Waals surface area (Å²) < 4.78 is 0.749. The van der Waals surface area contributed by atoms with E-state index in [2.05, 4.69) is 24.5 Å². The van der Waals surface area contributed by atoms with Gasteiger partial charge in [-0.05, 0) is 32.4 Å². The Kier molecular flexibility index (Phi) is 5.95. The predicted molar refractivity (Wildman–Crippen MR) is 73.6 cm³/mol. The standard InChI is InChI=1S/C12H19ClN2OS/c1-4-8(2)14-7-12(16)15-9(3)10-5-6-11(13)17-10/h5-6,8-9,14H,4,7H2,1-3H3,(H,15,16). The molecule has 2 N–H and O–H groups in total. The molecule has 1 aromatic heterocycles. The number of rotatable bonds is 6. The molecule has 0 aliphatic heterocycles. The van der Waals surface area contributed by atoms with Gasteiger partial charge in [-0.25, -0.2) is 0 Å². The van der Waals surface area contributed by atoms with Crippen LogP contribution in [-0.4, -0.2) is 18.5 Å². The first-order valence-electron chi connectivity index (χ1n) is 5.81. The highest BCUT2D eigenvalue weighted by Gasteiger charge is 2.11. The number of amides is 1. The highest BCUT2D eigenvalue weighted by atomic mass is 35.5. The molecule has 0 saturated heterocycles. The van der Waals surface area contributed by atoms with Crippen LogP contribution in [0.15, 0.2) is 12.1 Å². The van der Waals surface area contributed by atoms with Crippen LogP contribution in [0.1, 0.15) is 38.1 Å². The van der Waals surface area contributed by atoms with E-state index in [-0.39, 0.29) is 11.9 Å². The first-order valence-corrected chi connectivity index (χ1v) is 7.00. The van der Waals surface area contributed by atoms with E-state index in [9.17, 15) is 4.79 Å². The molecule has 0 radical (unpaired) electrons. The van der Waals surface area contributed by atoms with Gasteiger partial charge in [-0.1, -0.05) is 18.5 Å². The minimum atomic E-state index is 0.0127. The summed E-state index contributed by atoms with van der Waals surface area (Å²) in [5, 5.41) is 6.10. The fraction of sp³-hybridized carbons (Fsp3) is 0.583. The van der Waals surface area contributed by atoms with Crippen molar-refractivity contribution < 1.29 is 4.79 Å². The number of hydrogen-bond acceptors (Lipinski definition) is 3. The summed E-state index contributed by atoms with van der Waals surface area (Å²) in [7, 11) is 0. The second kappa shape index (κ2) is 6.99. The molecule has 2 unspecified atom stereocenters. The minimum absolute atomic E-state index is 0.0127. The Morgan fingerprint density at radius 1 is 1.47 bits per heavy atom. The molecule has 5 heteroatoms. The van der Waals surface area contributed by atoms with Gasteiger partial charge in [0, 0.05) is 10.9 Å². The first kappa shape index (κ1) is 14.5. The molecule has 0 aromatic carbocycles. The van der Waals surface area contributed by atoms with E-state index >= 15 is 0 Å². The number of carbonyl (C=O) groups excluding carboxylic acids is 1. The van der Waals surface area contributed by atoms with E-state index < -0.39 is 0 Å². The molecule has 0 fully saturated rings. The summed E-state index contributed by atoms with van der Waals surface area (Å²) in [6, 6.07) is 4.17. The zero-order chi connectivity index (χ0) is 12.8. The van der Waals surface area contributed by atoms with Gasteiger partial charge in [-0.3, -0.25) is 4.79 Å². The van der Waals surface area contributed by atoms with Gasteiger partial charge < -0.3 is 10.6 Å². The van der Waals surface area contributed by atoms with Crippen LogP contribution in [0.3, 0.4) is 0 Å². The van der Waals surface area contributed by atoms with Gasteiger partial charge in [-0.15, -0.1) is 11.3 Å². The molecule has 2 atom stereocenters. The van der Waals surface area contributed by atoms with Crippen LogP contribution >= 0.6 is 22.9 Å². The average Bonchev–Trinajstić information content (AvgIpc) is 2.72. The first-order chi connectivity index (χ1) is 8.02. The van der Waals surface area contributed by atoms with Gasteiger partial charge in [-0.2, -0.15) is 0 Å². The molecule has 0 aliphatic rings. The lowest BCUT2D eigenvalue weighted by Gasteiger charge is -2.14. The van der Waals surface area contributed by atoms with Gasteiger partial charge in [0.15, 0.2) is 0 Å². The third kappa shape index (κ3) is 5.06. The highest BCUT2D eigenvalue weighted by Crippen LogP contribution is 2.26. The molecule has 1 aromatic rings. The molecular weight excluding hydrogens is 256 g/mol. The second-order valence-electron chi connectivity index (χ2n) is 4.12. The van der Waals surface area contributed by atoms with Crippen LogP contribution in [-0.2, 0) is 4.79 Å². The lowest BCUT2D eigenvalue weighted by molar-refractivity contribution is -0.121. The predicted octanol–water partition coefficient (Wildman–Crippen LogP) is 2.97. The molecule has 0 spiro atoms. The molecule has 0 aliphatic carbocycles. The van der Waals surface area contributed by atoms with Crippen LogP contribution in [0, 0.1) is 0 Å². The van der Waals surface area contributed by atoms with Crippen molar-refractivity contribution in [3.8, 4) is 0 Å². The fourth-order valence-electron chi connectivity index (χ4n) is 1.34. The Hall–Kier alpha value is -0.580. The van der Waals surface area contributed by atoms with Gasteiger partial charge in [0.05, 0.1) is 16.9 Å². The van der Waals surface area contributed by atoms with Gasteiger partial charge in [0.2, 0.25) is 5.91 Å². The third-order valence-electron chi connectivity index (χ3n) is 2.62. The maximum atomic E-state index is 11.7. The van der Waals surface area contributed by atoms with E-state index in [1.54, 1.807) is 0 Å². The van der Waals surface area contributed by atoms with E-state index in [0.717, 1.165) is 15.6 Å². The Bertz CT molecular complexity index is 367. The van der Waals surface area contributed by atoms with Gasteiger partial charge in [0.25, 0.3) is 0 Å². The van der Waals surface area contributed by atoms with Crippen LogP contribution in [0.4, 0.5) is 0 Å². The molecule has 1 heterocycles. The van der Waals surface area contributed by atoms with E-state index in [1.807, 2.05) is 19.1 Å². The van der Waals surface area contributed by atoms with Crippen LogP contribution in [0.2, 0.25) is 4.34 Å². The average molecular weight is 275 g/mol. The summed E-state index contributed by atoms with van der Waals surface area (Å²) >= 11 is 7.35. The molecule has 0 bridgehead atoms. The van der Waals surface area contributed by atoms with Gasteiger partial charge >= 0.3 is 0 Å². The molecule has 1 rings (SSSR count). The zero-order valence-corrected chi connectivity index (χ0v) is 12.0. The van der Waals surface area contributed by atoms with Crippen molar-refractivity contribution >= 4 is 28.8 Å².